The van der Waals surface area contributed by atoms with E-state index in [4.69, 9.17) is 9.47 Å². The molecule has 0 amide bonds. The average Bonchev–Trinajstić information content (AvgIpc) is 2.20. The van der Waals surface area contributed by atoms with Gasteiger partial charge in [0.05, 0.1) is 6.61 Å². The molecular weight excluding hydrogens is 176 g/mol. The summed E-state index contributed by atoms with van der Waals surface area (Å²) in [5.74, 6) is 0. The predicted molar refractivity (Wildman–Crippen MR) is 57.2 cm³/mol. The molecule has 0 unspecified atom stereocenters. The lowest BCUT2D eigenvalue weighted by Crippen LogP contribution is -2.14. The summed E-state index contributed by atoms with van der Waals surface area (Å²) in [7, 11) is 0. The van der Waals surface area contributed by atoms with E-state index in [1.807, 2.05) is 32.0 Å². The van der Waals surface area contributed by atoms with E-state index in [2.05, 4.69) is 12.1 Å². The summed E-state index contributed by atoms with van der Waals surface area (Å²) >= 11 is 0. The van der Waals surface area contributed by atoms with Gasteiger partial charge in [-0.25, -0.2) is 0 Å². The topological polar surface area (TPSA) is 18.5 Å². The van der Waals surface area contributed by atoms with Crippen molar-refractivity contribution < 1.29 is 9.47 Å². The third-order valence-electron chi connectivity index (χ3n) is 1.99. The molecule has 2 heteroatoms. The van der Waals surface area contributed by atoms with Gasteiger partial charge in [0.1, 0.15) is 0 Å². The summed E-state index contributed by atoms with van der Waals surface area (Å²) in [4.78, 5) is 0. The molecule has 2 nitrogen and oxygen atoms in total. The Bertz CT molecular complexity index is 233. The van der Waals surface area contributed by atoms with Gasteiger partial charge in [-0.05, 0) is 25.8 Å². The molecule has 1 atom stereocenters. The van der Waals surface area contributed by atoms with E-state index in [9.17, 15) is 0 Å². The molecule has 78 valence electrons. The second kappa shape index (κ2) is 6.57. The van der Waals surface area contributed by atoms with Crippen molar-refractivity contribution in [1.82, 2.24) is 0 Å². The first-order valence-corrected chi connectivity index (χ1v) is 5.10. The molecular formula is C12H18O2. The summed E-state index contributed by atoms with van der Waals surface area (Å²) < 4.78 is 10.7. The summed E-state index contributed by atoms with van der Waals surface area (Å²) in [5.41, 5.74) is 1.30. The molecule has 0 fully saturated rings. The normalized spacial score (nSPS) is 12.7. The Balaban J connectivity index is 2.16. The molecule has 14 heavy (non-hydrogen) atoms. The molecule has 0 aliphatic heterocycles. The lowest BCUT2D eigenvalue weighted by molar-refractivity contribution is -0.126. The van der Waals surface area contributed by atoms with Gasteiger partial charge in [0.2, 0.25) is 0 Å². The molecule has 0 aliphatic rings. The van der Waals surface area contributed by atoms with Gasteiger partial charge in [-0.2, -0.15) is 0 Å². The Kier molecular flexibility index (Phi) is 5.27. The summed E-state index contributed by atoms with van der Waals surface area (Å²) in [5, 5.41) is 0. The standard InChI is InChI=1S/C12H18O2/c1-3-13-11(2)14-10-9-12-7-5-4-6-8-12/h4-8,11H,3,9-10H2,1-2H3/t11-/m0/s1. The minimum atomic E-state index is -0.0938. The van der Waals surface area contributed by atoms with Crippen molar-refractivity contribution in [2.24, 2.45) is 0 Å². The van der Waals surface area contributed by atoms with E-state index in [0.717, 1.165) is 6.42 Å². The minimum Gasteiger partial charge on any atom is -0.353 e. The molecule has 0 aliphatic carbocycles. The van der Waals surface area contributed by atoms with Crippen LogP contribution in [0.5, 0.6) is 0 Å². The Morgan fingerprint density at radius 2 is 1.86 bits per heavy atom. The van der Waals surface area contributed by atoms with Crippen LogP contribution >= 0.6 is 0 Å². The number of benzene rings is 1. The number of hydrogen-bond acceptors (Lipinski definition) is 2. The molecule has 0 heterocycles. The van der Waals surface area contributed by atoms with Crippen molar-refractivity contribution in [3.8, 4) is 0 Å². The lowest BCUT2D eigenvalue weighted by atomic mass is 10.2. The lowest BCUT2D eigenvalue weighted by Gasteiger charge is -2.12. The monoisotopic (exact) mass is 194 g/mol. The van der Waals surface area contributed by atoms with Gasteiger partial charge in [0.25, 0.3) is 0 Å². The van der Waals surface area contributed by atoms with Crippen molar-refractivity contribution in [2.45, 2.75) is 26.6 Å². The van der Waals surface area contributed by atoms with Crippen LogP contribution in [0.4, 0.5) is 0 Å². The van der Waals surface area contributed by atoms with Crippen molar-refractivity contribution in [2.75, 3.05) is 13.2 Å². The van der Waals surface area contributed by atoms with Crippen LogP contribution in [0.25, 0.3) is 0 Å². The largest absolute Gasteiger partial charge is 0.353 e. The van der Waals surface area contributed by atoms with Crippen LogP contribution in [0, 0.1) is 0 Å². The van der Waals surface area contributed by atoms with Gasteiger partial charge >= 0.3 is 0 Å². The first kappa shape index (κ1) is 11.2. The second-order valence-corrected chi connectivity index (χ2v) is 3.13. The van der Waals surface area contributed by atoms with E-state index in [1.165, 1.54) is 5.56 Å². The minimum absolute atomic E-state index is 0.0938. The second-order valence-electron chi connectivity index (χ2n) is 3.13. The molecule has 1 rings (SSSR count). The molecule has 0 saturated heterocycles. The van der Waals surface area contributed by atoms with Crippen LogP contribution in [-0.2, 0) is 15.9 Å². The van der Waals surface area contributed by atoms with Crippen molar-refractivity contribution in [3.63, 3.8) is 0 Å². The maximum absolute atomic E-state index is 5.46. The molecule has 0 saturated carbocycles. The van der Waals surface area contributed by atoms with Crippen LogP contribution in [0.3, 0.4) is 0 Å². The van der Waals surface area contributed by atoms with Gasteiger partial charge in [0.15, 0.2) is 6.29 Å². The Morgan fingerprint density at radius 1 is 1.14 bits per heavy atom. The van der Waals surface area contributed by atoms with E-state index < -0.39 is 0 Å². The molecule has 0 aromatic heterocycles. The highest BCUT2D eigenvalue weighted by Gasteiger charge is 1.99. The fraction of sp³-hybridized carbons (Fsp3) is 0.500. The van der Waals surface area contributed by atoms with Crippen molar-refractivity contribution in [1.29, 1.82) is 0 Å². The van der Waals surface area contributed by atoms with Gasteiger partial charge in [-0.3, -0.25) is 0 Å². The first-order valence-electron chi connectivity index (χ1n) is 5.10. The predicted octanol–water partition coefficient (Wildman–Crippen LogP) is 2.63. The highest BCUT2D eigenvalue weighted by Crippen LogP contribution is 2.01. The van der Waals surface area contributed by atoms with Gasteiger partial charge in [-0.15, -0.1) is 0 Å². The third kappa shape index (κ3) is 4.40. The van der Waals surface area contributed by atoms with Crippen LogP contribution in [-0.4, -0.2) is 19.5 Å². The van der Waals surface area contributed by atoms with Crippen LogP contribution in [0.2, 0.25) is 0 Å². The third-order valence-corrected chi connectivity index (χ3v) is 1.99. The fourth-order valence-corrected chi connectivity index (χ4v) is 1.27. The smallest absolute Gasteiger partial charge is 0.154 e. The Hall–Kier alpha value is -0.860. The first-order chi connectivity index (χ1) is 6.83. The summed E-state index contributed by atoms with van der Waals surface area (Å²) in [6.45, 7) is 5.31. The number of ether oxygens (including phenoxy) is 2. The highest BCUT2D eigenvalue weighted by atomic mass is 16.7. The zero-order chi connectivity index (χ0) is 10.2. The van der Waals surface area contributed by atoms with Crippen LogP contribution in [0.15, 0.2) is 30.3 Å². The van der Waals surface area contributed by atoms with E-state index in [0.29, 0.717) is 13.2 Å². The Labute approximate surface area is 85.8 Å². The zero-order valence-corrected chi connectivity index (χ0v) is 8.90. The summed E-state index contributed by atoms with van der Waals surface area (Å²) in [6.07, 6.45) is 0.849. The van der Waals surface area contributed by atoms with Gasteiger partial charge < -0.3 is 9.47 Å². The van der Waals surface area contributed by atoms with Crippen molar-refractivity contribution >= 4 is 0 Å². The van der Waals surface area contributed by atoms with Gasteiger partial charge in [-0.1, -0.05) is 30.3 Å². The zero-order valence-electron chi connectivity index (χ0n) is 8.90. The Morgan fingerprint density at radius 3 is 2.50 bits per heavy atom. The van der Waals surface area contributed by atoms with E-state index >= 15 is 0 Å². The number of rotatable bonds is 6. The van der Waals surface area contributed by atoms with E-state index in [1.54, 1.807) is 0 Å². The average molecular weight is 194 g/mol. The van der Waals surface area contributed by atoms with E-state index in [-0.39, 0.29) is 6.29 Å². The molecule has 1 aromatic rings. The maximum Gasteiger partial charge on any atom is 0.154 e. The van der Waals surface area contributed by atoms with Gasteiger partial charge in [0, 0.05) is 6.61 Å². The molecule has 0 radical (unpaired) electrons. The SMILES string of the molecule is CCO[C@H](C)OCCc1ccccc1. The summed E-state index contributed by atoms with van der Waals surface area (Å²) in [6, 6.07) is 10.3. The highest BCUT2D eigenvalue weighted by molar-refractivity contribution is 5.14. The quantitative estimate of drug-likeness (QED) is 0.648. The van der Waals surface area contributed by atoms with Crippen LogP contribution in [0.1, 0.15) is 19.4 Å². The van der Waals surface area contributed by atoms with Crippen molar-refractivity contribution in [3.05, 3.63) is 35.9 Å². The fourth-order valence-electron chi connectivity index (χ4n) is 1.27. The molecule has 0 spiro atoms. The molecule has 1 aromatic carbocycles. The van der Waals surface area contributed by atoms with Crippen LogP contribution < -0.4 is 0 Å². The molecule has 0 N–H and O–H groups in total. The number of hydrogen-bond donors (Lipinski definition) is 0. The maximum atomic E-state index is 5.46. The molecule has 0 bridgehead atoms.